The highest BCUT2D eigenvalue weighted by Crippen LogP contribution is 2.34. The van der Waals surface area contributed by atoms with Gasteiger partial charge in [-0.1, -0.05) is 34.8 Å². The molecular weight excluding hydrogens is 365 g/mol. The van der Waals surface area contributed by atoms with Crippen molar-refractivity contribution < 1.29 is 19.7 Å². The second-order valence-corrected chi connectivity index (χ2v) is 7.24. The van der Waals surface area contributed by atoms with Crippen molar-refractivity contribution in [3.8, 4) is 0 Å². The number of aliphatic hydroxyl groups excluding tert-OH is 2. The first-order chi connectivity index (χ1) is 10.5. The smallest absolute Gasteiger partial charge is 0.407 e. The molecule has 2 atom stereocenters. The minimum absolute atomic E-state index is 0.0981. The van der Waals surface area contributed by atoms with E-state index >= 15 is 0 Å². The molecule has 0 saturated carbocycles. The van der Waals surface area contributed by atoms with Gasteiger partial charge in [-0.05, 0) is 39.3 Å². The molecule has 5 nitrogen and oxygen atoms in total. The number of carbonyl (C=O) groups excluding carboxylic acids is 1. The second kappa shape index (κ2) is 8.40. The van der Waals surface area contributed by atoms with Crippen molar-refractivity contribution in [3.63, 3.8) is 0 Å². The molecule has 23 heavy (non-hydrogen) atoms. The number of benzene rings is 1. The zero-order chi connectivity index (χ0) is 17.8. The van der Waals surface area contributed by atoms with Gasteiger partial charge in [-0.3, -0.25) is 0 Å². The zero-order valence-corrected chi connectivity index (χ0v) is 15.3. The Morgan fingerprint density at radius 3 is 2.43 bits per heavy atom. The van der Waals surface area contributed by atoms with Crippen LogP contribution in [0.2, 0.25) is 15.1 Å². The molecule has 0 aliphatic heterocycles. The number of aliphatic hydroxyl groups is 2. The molecular formula is C15H20Cl3NO4. The summed E-state index contributed by atoms with van der Waals surface area (Å²) in [6.45, 7) is 5.36. The number of ether oxygens (including phenoxy) is 1. The highest BCUT2D eigenvalue weighted by molar-refractivity contribution is 6.43. The van der Waals surface area contributed by atoms with Gasteiger partial charge in [0.1, 0.15) is 11.7 Å². The normalized spacial score (nSPS) is 14.3. The lowest BCUT2D eigenvalue weighted by Crippen LogP contribution is -2.34. The molecule has 0 radical (unpaired) electrons. The molecule has 0 fully saturated rings. The van der Waals surface area contributed by atoms with E-state index in [2.05, 4.69) is 5.32 Å². The monoisotopic (exact) mass is 383 g/mol. The molecule has 3 N–H and O–H groups in total. The van der Waals surface area contributed by atoms with Crippen LogP contribution in [0.1, 0.15) is 38.9 Å². The van der Waals surface area contributed by atoms with Gasteiger partial charge in [0.2, 0.25) is 0 Å². The van der Waals surface area contributed by atoms with E-state index in [4.69, 9.17) is 39.5 Å². The lowest BCUT2D eigenvalue weighted by Gasteiger charge is -2.22. The quantitative estimate of drug-likeness (QED) is 0.672. The standard InChI is InChI=1S/C15H20Cl3NO4/c1-15(2,3)23-14(22)19-5-4-11(20)13(21)9-6-8(16)7-10(17)12(9)18/h6-7,11,13,20-21H,4-5H2,1-3H3,(H,19,22). The van der Waals surface area contributed by atoms with Gasteiger partial charge in [0.15, 0.2) is 0 Å². The highest BCUT2D eigenvalue weighted by atomic mass is 35.5. The molecule has 0 aliphatic carbocycles. The minimum atomic E-state index is -1.28. The Morgan fingerprint density at radius 2 is 1.87 bits per heavy atom. The summed E-state index contributed by atoms with van der Waals surface area (Å²) in [6.07, 6.45) is -2.93. The average molecular weight is 385 g/mol. The largest absolute Gasteiger partial charge is 0.444 e. The van der Waals surface area contributed by atoms with Gasteiger partial charge in [0.05, 0.1) is 16.1 Å². The number of carbonyl (C=O) groups is 1. The van der Waals surface area contributed by atoms with E-state index in [0.29, 0.717) is 5.02 Å². The number of hydrogen-bond donors (Lipinski definition) is 3. The van der Waals surface area contributed by atoms with E-state index in [1.54, 1.807) is 20.8 Å². The van der Waals surface area contributed by atoms with Crippen LogP contribution in [0.4, 0.5) is 4.79 Å². The van der Waals surface area contributed by atoms with Crippen LogP contribution in [0.5, 0.6) is 0 Å². The van der Waals surface area contributed by atoms with E-state index in [1.807, 2.05) is 0 Å². The molecule has 130 valence electrons. The van der Waals surface area contributed by atoms with E-state index in [1.165, 1.54) is 12.1 Å². The number of hydrogen-bond acceptors (Lipinski definition) is 4. The predicted molar refractivity (Wildman–Crippen MR) is 91.3 cm³/mol. The van der Waals surface area contributed by atoms with Crippen LogP contribution in [0.3, 0.4) is 0 Å². The Morgan fingerprint density at radius 1 is 1.26 bits per heavy atom. The second-order valence-electron chi connectivity index (χ2n) is 6.02. The summed E-state index contributed by atoms with van der Waals surface area (Å²) in [6, 6.07) is 2.88. The van der Waals surface area contributed by atoms with Crippen molar-refractivity contribution >= 4 is 40.9 Å². The molecule has 0 aliphatic rings. The average Bonchev–Trinajstić information content (AvgIpc) is 2.39. The van der Waals surface area contributed by atoms with Gasteiger partial charge in [-0.2, -0.15) is 0 Å². The molecule has 0 spiro atoms. The first-order valence-corrected chi connectivity index (χ1v) is 8.12. The van der Waals surface area contributed by atoms with Crippen LogP contribution >= 0.6 is 34.8 Å². The molecule has 1 rings (SSSR count). The lowest BCUT2D eigenvalue weighted by molar-refractivity contribution is 0.0123. The fourth-order valence-corrected chi connectivity index (χ4v) is 2.52. The van der Waals surface area contributed by atoms with Crippen LogP contribution in [-0.4, -0.2) is 34.6 Å². The Kier molecular flexibility index (Phi) is 7.42. The molecule has 2 unspecified atom stereocenters. The van der Waals surface area contributed by atoms with Crippen molar-refractivity contribution in [2.75, 3.05) is 6.54 Å². The Balaban J connectivity index is 2.58. The summed E-state index contributed by atoms with van der Waals surface area (Å²) < 4.78 is 5.07. The van der Waals surface area contributed by atoms with Crippen molar-refractivity contribution in [2.24, 2.45) is 0 Å². The molecule has 8 heteroatoms. The Hall–Kier alpha value is -0.720. The number of nitrogens with one attached hydrogen (secondary N) is 1. The van der Waals surface area contributed by atoms with Gasteiger partial charge in [0.25, 0.3) is 0 Å². The first kappa shape index (κ1) is 20.3. The summed E-state index contributed by atoms with van der Waals surface area (Å²) >= 11 is 17.8. The Bertz CT molecular complexity index is 560. The highest BCUT2D eigenvalue weighted by Gasteiger charge is 2.23. The van der Waals surface area contributed by atoms with Gasteiger partial charge >= 0.3 is 6.09 Å². The van der Waals surface area contributed by atoms with E-state index in [9.17, 15) is 15.0 Å². The maximum atomic E-state index is 11.5. The molecule has 0 bridgehead atoms. The number of alkyl carbamates (subject to hydrolysis) is 1. The summed E-state index contributed by atoms with van der Waals surface area (Å²) in [5.74, 6) is 0. The third-order valence-electron chi connectivity index (χ3n) is 2.81. The van der Waals surface area contributed by atoms with Crippen LogP contribution in [0.15, 0.2) is 12.1 Å². The third kappa shape index (κ3) is 6.73. The number of halogens is 3. The van der Waals surface area contributed by atoms with Crippen LogP contribution in [0, 0.1) is 0 Å². The van der Waals surface area contributed by atoms with Crippen molar-refractivity contribution in [3.05, 3.63) is 32.8 Å². The van der Waals surface area contributed by atoms with Crippen LogP contribution in [-0.2, 0) is 4.74 Å². The molecule has 0 heterocycles. The topological polar surface area (TPSA) is 78.8 Å². The van der Waals surface area contributed by atoms with E-state index < -0.39 is 23.9 Å². The first-order valence-electron chi connectivity index (χ1n) is 6.98. The van der Waals surface area contributed by atoms with Gasteiger partial charge in [0, 0.05) is 17.1 Å². The minimum Gasteiger partial charge on any atom is -0.444 e. The summed E-state index contributed by atoms with van der Waals surface area (Å²) in [5.41, 5.74) is -0.373. The van der Waals surface area contributed by atoms with Crippen molar-refractivity contribution in [1.82, 2.24) is 5.32 Å². The fourth-order valence-electron chi connectivity index (χ4n) is 1.79. The summed E-state index contributed by atoms with van der Waals surface area (Å²) in [7, 11) is 0. The fraction of sp³-hybridized carbons (Fsp3) is 0.533. The lowest BCUT2D eigenvalue weighted by atomic mass is 10.0. The molecule has 0 saturated heterocycles. The summed E-state index contributed by atoms with van der Waals surface area (Å²) in [5, 5.41) is 23.3. The molecule has 1 aromatic carbocycles. The maximum Gasteiger partial charge on any atom is 0.407 e. The van der Waals surface area contributed by atoms with Crippen LogP contribution < -0.4 is 5.32 Å². The van der Waals surface area contributed by atoms with Gasteiger partial charge in [-0.15, -0.1) is 0 Å². The number of amides is 1. The molecule has 0 aromatic heterocycles. The number of rotatable bonds is 5. The zero-order valence-electron chi connectivity index (χ0n) is 13.1. The SMILES string of the molecule is CC(C)(C)OC(=O)NCCC(O)C(O)c1cc(Cl)cc(Cl)c1Cl. The van der Waals surface area contributed by atoms with Gasteiger partial charge < -0.3 is 20.3 Å². The van der Waals surface area contributed by atoms with Crippen LogP contribution in [0.25, 0.3) is 0 Å². The predicted octanol–water partition coefficient (Wildman–Crippen LogP) is 3.96. The maximum absolute atomic E-state index is 11.5. The molecule has 1 aromatic rings. The Labute approximate surface area is 150 Å². The van der Waals surface area contributed by atoms with Gasteiger partial charge in [-0.25, -0.2) is 4.79 Å². The third-order valence-corrected chi connectivity index (χ3v) is 3.85. The van der Waals surface area contributed by atoms with Crippen molar-refractivity contribution in [2.45, 2.75) is 45.0 Å². The van der Waals surface area contributed by atoms with Crippen molar-refractivity contribution in [1.29, 1.82) is 0 Å². The summed E-state index contributed by atoms with van der Waals surface area (Å²) in [4.78, 5) is 11.5. The van der Waals surface area contributed by atoms with E-state index in [0.717, 1.165) is 0 Å². The van der Waals surface area contributed by atoms with E-state index in [-0.39, 0.29) is 28.6 Å². The molecule has 1 amide bonds.